The quantitative estimate of drug-likeness (QED) is 0.577. The Morgan fingerprint density at radius 3 is 2.75 bits per heavy atom. The van der Waals surface area contributed by atoms with Crippen LogP contribution in [0.3, 0.4) is 0 Å². The summed E-state index contributed by atoms with van der Waals surface area (Å²) >= 11 is 0. The molecule has 4 aromatic rings. The SMILES string of the molecule is Cc1onc(-c2ccc(F)cc2)c1C(=O)NCc1cccnc1-n1cccn1. The van der Waals surface area contributed by atoms with Gasteiger partial charge in [-0.25, -0.2) is 14.1 Å². The first kappa shape index (κ1) is 17.6. The normalized spacial score (nSPS) is 10.8. The summed E-state index contributed by atoms with van der Waals surface area (Å²) in [7, 11) is 0. The molecule has 0 unspecified atom stereocenters. The van der Waals surface area contributed by atoms with E-state index in [-0.39, 0.29) is 18.3 Å². The molecular weight excluding hydrogens is 361 g/mol. The van der Waals surface area contributed by atoms with Crippen LogP contribution < -0.4 is 5.32 Å². The molecule has 1 aromatic carbocycles. The maximum Gasteiger partial charge on any atom is 0.257 e. The van der Waals surface area contributed by atoms with Crippen molar-refractivity contribution in [2.24, 2.45) is 0 Å². The van der Waals surface area contributed by atoms with Crippen molar-refractivity contribution in [3.63, 3.8) is 0 Å². The number of aromatic nitrogens is 4. The second kappa shape index (κ2) is 7.43. The lowest BCUT2D eigenvalue weighted by Crippen LogP contribution is -2.24. The Kier molecular flexibility index (Phi) is 4.67. The van der Waals surface area contributed by atoms with Gasteiger partial charge in [0.1, 0.15) is 22.8 Å². The van der Waals surface area contributed by atoms with E-state index < -0.39 is 0 Å². The topological polar surface area (TPSA) is 85.8 Å². The summed E-state index contributed by atoms with van der Waals surface area (Å²) in [5, 5.41) is 11.0. The zero-order valence-electron chi connectivity index (χ0n) is 15.0. The fraction of sp³-hybridized carbons (Fsp3) is 0.100. The number of amides is 1. The highest BCUT2D eigenvalue weighted by Gasteiger charge is 2.22. The first-order chi connectivity index (χ1) is 13.6. The Labute approximate surface area is 159 Å². The van der Waals surface area contributed by atoms with Crippen LogP contribution >= 0.6 is 0 Å². The van der Waals surface area contributed by atoms with Gasteiger partial charge in [-0.1, -0.05) is 11.2 Å². The predicted molar refractivity (Wildman–Crippen MR) is 99.2 cm³/mol. The molecule has 0 saturated heterocycles. The van der Waals surface area contributed by atoms with E-state index in [2.05, 4.69) is 20.6 Å². The molecule has 1 amide bonds. The van der Waals surface area contributed by atoms with Crippen LogP contribution in [0.4, 0.5) is 4.39 Å². The number of benzene rings is 1. The number of nitrogens with one attached hydrogen (secondary N) is 1. The molecule has 0 bridgehead atoms. The van der Waals surface area contributed by atoms with Gasteiger partial charge in [-0.05, 0) is 43.3 Å². The van der Waals surface area contributed by atoms with Crippen molar-refractivity contribution >= 4 is 5.91 Å². The Morgan fingerprint density at radius 1 is 1.18 bits per heavy atom. The molecule has 0 spiro atoms. The molecule has 4 rings (SSSR count). The number of pyridine rings is 1. The number of rotatable bonds is 5. The van der Waals surface area contributed by atoms with Crippen LogP contribution in [0, 0.1) is 12.7 Å². The first-order valence-corrected chi connectivity index (χ1v) is 8.58. The van der Waals surface area contributed by atoms with E-state index in [0.29, 0.717) is 28.4 Å². The second-order valence-corrected chi connectivity index (χ2v) is 6.09. The van der Waals surface area contributed by atoms with Gasteiger partial charge in [0.15, 0.2) is 5.82 Å². The van der Waals surface area contributed by atoms with Gasteiger partial charge in [-0.15, -0.1) is 0 Å². The summed E-state index contributed by atoms with van der Waals surface area (Å²) < 4.78 is 20.0. The van der Waals surface area contributed by atoms with Crippen molar-refractivity contribution in [3.05, 3.63) is 83.8 Å². The van der Waals surface area contributed by atoms with Crippen molar-refractivity contribution in [3.8, 4) is 17.1 Å². The van der Waals surface area contributed by atoms with Gasteiger partial charge in [0.25, 0.3) is 5.91 Å². The molecule has 0 atom stereocenters. The van der Waals surface area contributed by atoms with E-state index in [1.165, 1.54) is 12.1 Å². The average molecular weight is 377 g/mol. The summed E-state index contributed by atoms with van der Waals surface area (Å²) in [4.78, 5) is 17.2. The fourth-order valence-electron chi connectivity index (χ4n) is 2.88. The van der Waals surface area contributed by atoms with Gasteiger partial charge < -0.3 is 9.84 Å². The Balaban J connectivity index is 1.58. The molecule has 0 radical (unpaired) electrons. The molecule has 0 saturated carbocycles. The number of nitrogens with zero attached hydrogens (tertiary/aromatic N) is 4. The van der Waals surface area contributed by atoms with Gasteiger partial charge in [-0.2, -0.15) is 5.10 Å². The summed E-state index contributed by atoms with van der Waals surface area (Å²) in [6.45, 7) is 1.91. The summed E-state index contributed by atoms with van der Waals surface area (Å²) in [6, 6.07) is 11.2. The molecule has 8 heteroatoms. The number of hydrogen-bond donors (Lipinski definition) is 1. The maximum atomic E-state index is 13.2. The number of carbonyl (C=O) groups is 1. The van der Waals surface area contributed by atoms with Crippen LogP contribution in [0.1, 0.15) is 21.7 Å². The third-order valence-corrected chi connectivity index (χ3v) is 4.24. The molecule has 7 nitrogen and oxygen atoms in total. The molecular formula is C20H16FN5O2. The largest absolute Gasteiger partial charge is 0.360 e. The van der Waals surface area contributed by atoms with Crippen LogP contribution in [0.25, 0.3) is 17.1 Å². The fourth-order valence-corrected chi connectivity index (χ4v) is 2.88. The van der Waals surface area contributed by atoms with Crippen molar-refractivity contribution in [2.45, 2.75) is 13.5 Å². The van der Waals surface area contributed by atoms with Crippen LogP contribution in [-0.2, 0) is 6.54 Å². The van der Waals surface area contributed by atoms with Crippen molar-refractivity contribution in [1.82, 2.24) is 25.2 Å². The van der Waals surface area contributed by atoms with E-state index in [0.717, 1.165) is 5.56 Å². The van der Waals surface area contributed by atoms with Crippen molar-refractivity contribution in [2.75, 3.05) is 0 Å². The lowest BCUT2D eigenvalue weighted by molar-refractivity contribution is 0.0950. The lowest BCUT2D eigenvalue weighted by Gasteiger charge is -2.10. The smallest absolute Gasteiger partial charge is 0.257 e. The molecule has 0 aliphatic rings. The van der Waals surface area contributed by atoms with E-state index in [1.807, 2.05) is 6.07 Å². The van der Waals surface area contributed by atoms with E-state index >= 15 is 0 Å². The van der Waals surface area contributed by atoms with Crippen molar-refractivity contribution in [1.29, 1.82) is 0 Å². The maximum absolute atomic E-state index is 13.2. The molecule has 3 heterocycles. The zero-order chi connectivity index (χ0) is 19.5. The lowest BCUT2D eigenvalue weighted by atomic mass is 10.1. The van der Waals surface area contributed by atoms with Gasteiger partial charge in [-0.3, -0.25) is 4.79 Å². The highest BCUT2D eigenvalue weighted by molar-refractivity contribution is 6.00. The zero-order valence-corrected chi connectivity index (χ0v) is 15.0. The second-order valence-electron chi connectivity index (χ2n) is 6.09. The molecule has 0 aliphatic heterocycles. The summed E-state index contributed by atoms with van der Waals surface area (Å²) in [6.07, 6.45) is 5.11. The predicted octanol–water partition coefficient (Wildman–Crippen LogP) is 3.30. The average Bonchev–Trinajstić information content (AvgIpc) is 3.37. The van der Waals surface area contributed by atoms with E-state index in [1.54, 1.807) is 54.5 Å². The third kappa shape index (κ3) is 3.39. The number of aryl methyl sites for hydroxylation is 1. The highest BCUT2D eigenvalue weighted by atomic mass is 19.1. The molecule has 3 aromatic heterocycles. The minimum absolute atomic E-state index is 0.245. The Bertz CT molecular complexity index is 1100. The van der Waals surface area contributed by atoms with Crippen LogP contribution in [0.5, 0.6) is 0 Å². The van der Waals surface area contributed by atoms with Gasteiger partial charge in [0, 0.05) is 36.3 Å². The minimum Gasteiger partial charge on any atom is -0.360 e. The molecule has 140 valence electrons. The number of hydrogen-bond acceptors (Lipinski definition) is 5. The first-order valence-electron chi connectivity index (χ1n) is 8.58. The standard InChI is InChI=1S/C20H16FN5O2/c1-13-17(18(25-28-13)14-5-7-16(21)8-6-14)20(27)23-12-15-4-2-9-22-19(15)26-11-3-10-24-26/h2-11H,12H2,1H3,(H,23,27). The van der Waals surface area contributed by atoms with Crippen LogP contribution in [0.15, 0.2) is 65.6 Å². The van der Waals surface area contributed by atoms with Gasteiger partial charge in [0.2, 0.25) is 0 Å². The molecule has 0 fully saturated rings. The van der Waals surface area contributed by atoms with Gasteiger partial charge in [0.05, 0.1) is 0 Å². The molecule has 0 aliphatic carbocycles. The third-order valence-electron chi connectivity index (χ3n) is 4.24. The van der Waals surface area contributed by atoms with Crippen molar-refractivity contribution < 1.29 is 13.7 Å². The monoisotopic (exact) mass is 377 g/mol. The molecule has 28 heavy (non-hydrogen) atoms. The Morgan fingerprint density at radius 2 is 2.00 bits per heavy atom. The number of carbonyl (C=O) groups excluding carboxylic acids is 1. The number of halogens is 1. The summed E-state index contributed by atoms with van der Waals surface area (Å²) in [5.74, 6) is 0.315. The van der Waals surface area contributed by atoms with Crippen LogP contribution in [-0.4, -0.2) is 25.8 Å². The van der Waals surface area contributed by atoms with E-state index in [9.17, 15) is 9.18 Å². The molecule has 1 N–H and O–H groups in total. The highest BCUT2D eigenvalue weighted by Crippen LogP contribution is 2.25. The van der Waals surface area contributed by atoms with Crippen LogP contribution in [0.2, 0.25) is 0 Å². The van der Waals surface area contributed by atoms with E-state index in [4.69, 9.17) is 4.52 Å². The minimum atomic E-state index is -0.363. The summed E-state index contributed by atoms with van der Waals surface area (Å²) in [5.41, 5.74) is 2.09. The Hall–Kier alpha value is -3.81. The van der Waals surface area contributed by atoms with Gasteiger partial charge >= 0.3 is 0 Å².